The van der Waals surface area contributed by atoms with Crippen molar-refractivity contribution in [2.24, 2.45) is 5.92 Å². The molecule has 0 bridgehead atoms. The number of hydrogen-bond acceptors (Lipinski definition) is 4. The van der Waals surface area contributed by atoms with E-state index >= 15 is 0 Å². The normalized spacial score (nSPS) is 19.4. The molecule has 1 aliphatic heterocycles. The molecule has 27 heavy (non-hydrogen) atoms. The van der Waals surface area contributed by atoms with Gasteiger partial charge < -0.3 is 16.0 Å². The minimum Gasteiger partial charge on any atom is -0.350 e. The van der Waals surface area contributed by atoms with Gasteiger partial charge in [-0.05, 0) is 37.1 Å². The first-order chi connectivity index (χ1) is 12.8. The van der Waals surface area contributed by atoms with Crippen molar-refractivity contribution in [1.82, 2.24) is 15.5 Å². The highest BCUT2D eigenvalue weighted by atomic mass is 19.4. The van der Waals surface area contributed by atoms with Gasteiger partial charge in [-0.25, -0.2) is 0 Å². The van der Waals surface area contributed by atoms with Gasteiger partial charge in [0, 0.05) is 49.9 Å². The summed E-state index contributed by atoms with van der Waals surface area (Å²) in [6.07, 6.45) is -2.64. The summed E-state index contributed by atoms with van der Waals surface area (Å²) in [6, 6.07) is 4.43. The van der Waals surface area contributed by atoms with E-state index in [-0.39, 0.29) is 30.5 Å². The summed E-state index contributed by atoms with van der Waals surface area (Å²) in [5.41, 5.74) is 0.818. The molecule has 2 aliphatic rings. The van der Waals surface area contributed by atoms with Crippen molar-refractivity contribution >= 4 is 17.5 Å². The van der Waals surface area contributed by atoms with Crippen LogP contribution in [0.2, 0.25) is 0 Å². The Morgan fingerprint density at radius 2 is 1.78 bits per heavy atom. The minimum absolute atomic E-state index is 0.0451. The predicted molar refractivity (Wildman–Crippen MR) is 94.4 cm³/mol. The van der Waals surface area contributed by atoms with E-state index in [9.17, 15) is 22.8 Å². The fourth-order valence-corrected chi connectivity index (χ4v) is 3.03. The van der Waals surface area contributed by atoms with Gasteiger partial charge in [0.2, 0.25) is 5.91 Å². The second-order valence-electron chi connectivity index (χ2n) is 6.89. The van der Waals surface area contributed by atoms with Gasteiger partial charge in [-0.1, -0.05) is 0 Å². The number of alkyl halides is 3. The molecule has 2 amide bonds. The van der Waals surface area contributed by atoms with Crippen molar-refractivity contribution < 1.29 is 22.8 Å². The van der Waals surface area contributed by atoms with Crippen molar-refractivity contribution in [2.45, 2.75) is 25.1 Å². The second kappa shape index (κ2) is 8.26. The first kappa shape index (κ1) is 19.6. The summed E-state index contributed by atoms with van der Waals surface area (Å²) >= 11 is 0. The van der Waals surface area contributed by atoms with Crippen LogP contribution in [0.15, 0.2) is 24.3 Å². The van der Waals surface area contributed by atoms with E-state index in [1.54, 1.807) is 12.1 Å². The molecule has 9 heteroatoms. The van der Waals surface area contributed by atoms with Crippen molar-refractivity contribution in [2.75, 3.05) is 38.0 Å². The van der Waals surface area contributed by atoms with Gasteiger partial charge >= 0.3 is 6.18 Å². The highest BCUT2D eigenvalue weighted by Gasteiger charge is 2.43. The molecule has 1 saturated heterocycles. The van der Waals surface area contributed by atoms with Crippen LogP contribution in [0, 0.1) is 5.92 Å². The Bertz CT molecular complexity index is 668. The molecule has 1 atom stereocenters. The second-order valence-corrected chi connectivity index (χ2v) is 6.89. The quantitative estimate of drug-likeness (QED) is 0.697. The molecule has 6 nitrogen and oxygen atoms in total. The summed E-state index contributed by atoms with van der Waals surface area (Å²) in [5.74, 6) is -0.548. The van der Waals surface area contributed by atoms with Gasteiger partial charge in [0.25, 0.3) is 5.91 Å². The molecule has 2 fully saturated rings. The molecule has 1 unspecified atom stereocenters. The fourth-order valence-electron chi connectivity index (χ4n) is 3.03. The summed E-state index contributed by atoms with van der Waals surface area (Å²) in [5, 5.41) is 8.15. The molecule has 1 aliphatic carbocycles. The zero-order chi connectivity index (χ0) is 19.4. The van der Waals surface area contributed by atoms with Crippen molar-refractivity contribution in [3.05, 3.63) is 29.8 Å². The SMILES string of the molecule is O=C(NCC(N1CCNCC1)C(F)(F)F)c1ccc(NC(=O)C2CC2)cc1. The van der Waals surface area contributed by atoms with E-state index < -0.39 is 24.7 Å². The van der Waals surface area contributed by atoms with E-state index in [2.05, 4.69) is 16.0 Å². The van der Waals surface area contributed by atoms with Crippen LogP contribution in [-0.2, 0) is 4.79 Å². The van der Waals surface area contributed by atoms with Crippen molar-refractivity contribution in [1.29, 1.82) is 0 Å². The van der Waals surface area contributed by atoms with Gasteiger partial charge in [-0.3, -0.25) is 14.5 Å². The molecule has 0 spiro atoms. The maximum atomic E-state index is 13.3. The Kier molecular flexibility index (Phi) is 6.01. The first-order valence-electron chi connectivity index (χ1n) is 9.05. The number of benzene rings is 1. The van der Waals surface area contributed by atoms with Gasteiger partial charge in [-0.2, -0.15) is 13.2 Å². The molecule has 3 N–H and O–H groups in total. The van der Waals surface area contributed by atoms with Crippen LogP contribution < -0.4 is 16.0 Å². The number of piperazine rings is 1. The third kappa shape index (κ3) is 5.43. The van der Waals surface area contributed by atoms with Crippen molar-refractivity contribution in [3.63, 3.8) is 0 Å². The Balaban J connectivity index is 1.55. The van der Waals surface area contributed by atoms with E-state index in [1.165, 1.54) is 17.0 Å². The van der Waals surface area contributed by atoms with Crippen LogP contribution >= 0.6 is 0 Å². The van der Waals surface area contributed by atoms with E-state index in [4.69, 9.17) is 0 Å². The highest BCUT2D eigenvalue weighted by Crippen LogP contribution is 2.30. The molecule has 1 heterocycles. The number of halogens is 3. The summed E-state index contributed by atoms with van der Waals surface area (Å²) in [4.78, 5) is 25.3. The molecule has 1 saturated carbocycles. The zero-order valence-electron chi connectivity index (χ0n) is 14.8. The first-order valence-corrected chi connectivity index (χ1v) is 9.05. The van der Waals surface area contributed by atoms with Gasteiger partial charge in [0.15, 0.2) is 0 Å². The Labute approximate surface area is 155 Å². The molecule has 1 aromatic carbocycles. The van der Waals surface area contributed by atoms with Crippen LogP contribution in [0.4, 0.5) is 18.9 Å². The molecule has 1 aromatic rings. The van der Waals surface area contributed by atoms with Gasteiger partial charge in [-0.15, -0.1) is 0 Å². The van der Waals surface area contributed by atoms with Gasteiger partial charge in [0.05, 0.1) is 0 Å². The third-order valence-electron chi connectivity index (χ3n) is 4.79. The fraction of sp³-hybridized carbons (Fsp3) is 0.556. The monoisotopic (exact) mass is 384 g/mol. The molecule has 0 radical (unpaired) electrons. The summed E-state index contributed by atoms with van der Waals surface area (Å²) in [7, 11) is 0. The smallest absolute Gasteiger partial charge is 0.350 e. The molecular formula is C18H23F3N4O2. The van der Waals surface area contributed by atoms with Crippen LogP contribution in [-0.4, -0.2) is 61.7 Å². The van der Waals surface area contributed by atoms with Crippen LogP contribution in [0.3, 0.4) is 0 Å². The lowest BCUT2D eigenvalue weighted by Gasteiger charge is -2.35. The van der Waals surface area contributed by atoms with Gasteiger partial charge in [0.1, 0.15) is 6.04 Å². The predicted octanol–water partition coefficient (Wildman–Crippen LogP) is 1.60. The highest BCUT2D eigenvalue weighted by molar-refractivity contribution is 5.96. The topological polar surface area (TPSA) is 73.5 Å². The third-order valence-corrected chi connectivity index (χ3v) is 4.79. The average molecular weight is 384 g/mol. The molecular weight excluding hydrogens is 361 g/mol. The number of carbonyl (C=O) groups is 2. The van der Waals surface area contributed by atoms with Crippen LogP contribution in [0.1, 0.15) is 23.2 Å². The molecule has 3 rings (SSSR count). The Morgan fingerprint density at radius 3 is 2.33 bits per heavy atom. The number of hydrogen-bond donors (Lipinski definition) is 3. The number of nitrogens with zero attached hydrogens (tertiary/aromatic N) is 1. The lowest BCUT2D eigenvalue weighted by atomic mass is 10.1. The summed E-state index contributed by atoms with van der Waals surface area (Å²) in [6.45, 7) is 1.07. The zero-order valence-corrected chi connectivity index (χ0v) is 14.8. The molecule has 0 aromatic heterocycles. The lowest BCUT2D eigenvalue weighted by molar-refractivity contribution is -0.183. The standard InChI is InChI=1S/C18H23F3N4O2/c19-18(20,21)15(25-9-7-22-8-10-25)11-23-16(26)12-3-5-14(6-4-12)24-17(27)13-1-2-13/h3-6,13,15,22H,1-2,7-11H2,(H,23,26)(H,24,27). The van der Waals surface area contributed by atoms with Crippen molar-refractivity contribution in [3.8, 4) is 0 Å². The number of nitrogens with one attached hydrogen (secondary N) is 3. The number of carbonyl (C=O) groups excluding carboxylic acids is 2. The Hall–Kier alpha value is -2.13. The molecule has 148 valence electrons. The summed E-state index contributed by atoms with van der Waals surface area (Å²) < 4.78 is 40.0. The van der Waals surface area contributed by atoms with E-state index in [1.807, 2.05) is 0 Å². The average Bonchev–Trinajstić information content (AvgIpc) is 3.47. The van der Waals surface area contributed by atoms with E-state index in [0.29, 0.717) is 18.8 Å². The number of anilines is 1. The minimum atomic E-state index is -4.42. The largest absolute Gasteiger partial charge is 0.405 e. The van der Waals surface area contributed by atoms with E-state index in [0.717, 1.165) is 12.8 Å². The number of rotatable bonds is 6. The Morgan fingerprint density at radius 1 is 1.15 bits per heavy atom. The maximum absolute atomic E-state index is 13.3. The lowest BCUT2D eigenvalue weighted by Crippen LogP contribution is -2.57. The van der Waals surface area contributed by atoms with Crippen LogP contribution in [0.5, 0.6) is 0 Å². The maximum Gasteiger partial charge on any atom is 0.405 e. The number of amides is 2. The van der Waals surface area contributed by atoms with Crippen LogP contribution in [0.25, 0.3) is 0 Å².